The maximum absolute atomic E-state index is 11.4. The Hall–Kier alpha value is -1.78. The van der Waals surface area contributed by atoms with Gasteiger partial charge in [-0.25, -0.2) is 0 Å². The van der Waals surface area contributed by atoms with Crippen LogP contribution in [-0.4, -0.2) is 17.1 Å². The lowest BCUT2D eigenvalue weighted by atomic mass is 9.98. The Labute approximate surface area is 119 Å². The summed E-state index contributed by atoms with van der Waals surface area (Å²) in [5.41, 5.74) is 0.448. The van der Waals surface area contributed by atoms with Crippen LogP contribution in [0.5, 0.6) is 5.75 Å². The Morgan fingerprint density at radius 1 is 1.45 bits per heavy atom. The number of nitro groups is 1. The maximum atomic E-state index is 11.4. The number of hydrogen-bond acceptors (Lipinski definition) is 4. The van der Waals surface area contributed by atoms with Crippen LogP contribution in [0, 0.1) is 16.0 Å². The zero-order chi connectivity index (χ0) is 14.8. The zero-order valence-electron chi connectivity index (χ0n) is 12.3. The first-order valence-corrected chi connectivity index (χ1v) is 7.14. The number of nitrogens with one attached hydrogen (secondary N) is 1. The Morgan fingerprint density at radius 2 is 2.15 bits per heavy atom. The van der Waals surface area contributed by atoms with Gasteiger partial charge in [0.05, 0.1) is 11.5 Å². The summed E-state index contributed by atoms with van der Waals surface area (Å²) in [6.45, 7) is 6.64. The summed E-state index contributed by atoms with van der Waals surface area (Å²) in [7, 11) is 0. The summed E-state index contributed by atoms with van der Waals surface area (Å²) in [6.07, 6.45) is 3.18. The molecule has 0 saturated heterocycles. The van der Waals surface area contributed by atoms with E-state index in [0.29, 0.717) is 24.0 Å². The van der Waals surface area contributed by atoms with Crippen LogP contribution in [0.1, 0.15) is 40.0 Å². The van der Waals surface area contributed by atoms with Crippen molar-refractivity contribution in [3.63, 3.8) is 0 Å². The molecule has 1 saturated carbocycles. The second-order valence-electron chi connectivity index (χ2n) is 5.88. The van der Waals surface area contributed by atoms with Gasteiger partial charge in [0.1, 0.15) is 5.69 Å². The number of nitrogens with zero attached hydrogens (tertiary/aromatic N) is 1. The number of benzene rings is 1. The fourth-order valence-electron chi connectivity index (χ4n) is 2.39. The summed E-state index contributed by atoms with van der Waals surface area (Å²) in [6, 6.07) is 5.20. The number of anilines is 1. The van der Waals surface area contributed by atoms with Crippen molar-refractivity contribution in [2.45, 2.75) is 45.6 Å². The molecule has 0 bridgehead atoms. The SMILES string of the molecule is CCCOc1cccc(NC(C)(C)C2CC2)c1[N+](=O)[O-]. The lowest BCUT2D eigenvalue weighted by Gasteiger charge is -2.27. The van der Waals surface area contributed by atoms with Crippen LogP contribution < -0.4 is 10.1 Å². The molecule has 0 amide bonds. The third kappa shape index (κ3) is 3.21. The number of hydrogen-bond donors (Lipinski definition) is 1. The first-order chi connectivity index (χ1) is 9.45. The average molecular weight is 278 g/mol. The number of rotatable bonds is 7. The summed E-state index contributed by atoms with van der Waals surface area (Å²) in [5, 5.41) is 14.7. The average Bonchev–Trinajstić information content (AvgIpc) is 3.20. The molecular formula is C15H22N2O3. The lowest BCUT2D eigenvalue weighted by molar-refractivity contribution is -0.385. The molecule has 110 valence electrons. The Kier molecular flexibility index (Phi) is 4.16. The molecule has 5 heteroatoms. The van der Waals surface area contributed by atoms with Crippen molar-refractivity contribution in [3.05, 3.63) is 28.3 Å². The molecule has 0 aromatic heterocycles. The van der Waals surface area contributed by atoms with E-state index in [4.69, 9.17) is 4.74 Å². The van der Waals surface area contributed by atoms with Crippen LogP contribution in [0.15, 0.2) is 18.2 Å². The highest BCUT2D eigenvalue weighted by atomic mass is 16.6. The van der Waals surface area contributed by atoms with Crippen molar-refractivity contribution in [2.75, 3.05) is 11.9 Å². The van der Waals surface area contributed by atoms with Gasteiger partial charge in [0, 0.05) is 5.54 Å². The molecule has 20 heavy (non-hydrogen) atoms. The minimum Gasteiger partial charge on any atom is -0.487 e. The van der Waals surface area contributed by atoms with E-state index < -0.39 is 0 Å². The molecule has 1 fully saturated rings. The van der Waals surface area contributed by atoms with E-state index in [9.17, 15) is 10.1 Å². The van der Waals surface area contributed by atoms with Gasteiger partial charge in [0.15, 0.2) is 5.75 Å². The van der Waals surface area contributed by atoms with Crippen molar-refractivity contribution >= 4 is 11.4 Å². The lowest BCUT2D eigenvalue weighted by Crippen LogP contribution is -2.33. The third-order valence-electron chi connectivity index (χ3n) is 3.70. The van der Waals surface area contributed by atoms with E-state index >= 15 is 0 Å². The monoisotopic (exact) mass is 278 g/mol. The molecular weight excluding hydrogens is 256 g/mol. The number of para-hydroxylation sites is 1. The quantitative estimate of drug-likeness (QED) is 0.605. The van der Waals surface area contributed by atoms with Gasteiger partial charge in [-0.3, -0.25) is 10.1 Å². The minimum absolute atomic E-state index is 0.0367. The maximum Gasteiger partial charge on any atom is 0.333 e. The van der Waals surface area contributed by atoms with Gasteiger partial charge in [-0.2, -0.15) is 0 Å². The summed E-state index contributed by atoms with van der Waals surface area (Å²) >= 11 is 0. The Bertz CT molecular complexity index is 496. The molecule has 1 aromatic carbocycles. The fraction of sp³-hybridized carbons (Fsp3) is 0.600. The van der Waals surface area contributed by atoms with Gasteiger partial charge in [-0.1, -0.05) is 13.0 Å². The van der Waals surface area contributed by atoms with Gasteiger partial charge >= 0.3 is 5.69 Å². The van der Waals surface area contributed by atoms with Crippen LogP contribution >= 0.6 is 0 Å². The molecule has 0 radical (unpaired) electrons. The van der Waals surface area contributed by atoms with Gasteiger partial charge in [-0.05, 0) is 51.2 Å². The second-order valence-corrected chi connectivity index (χ2v) is 5.88. The number of nitro benzene ring substituents is 1. The van der Waals surface area contributed by atoms with Crippen LogP contribution in [0.3, 0.4) is 0 Å². The van der Waals surface area contributed by atoms with Crippen LogP contribution in [0.4, 0.5) is 11.4 Å². The Balaban J connectivity index is 2.29. The van der Waals surface area contributed by atoms with Crippen molar-refractivity contribution in [1.29, 1.82) is 0 Å². The van der Waals surface area contributed by atoms with Crippen molar-refractivity contribution in [2.24, 2.45) is 5.92 Å². The van der Waals surface area contributed by atoms with E-state index in [1.807, 2.05) is 6.92 Å². The molecule has 5 nitrogen and oxygen atoms in total. The van der Waals surface area contributed by atoms with Gasteiger partial charge in [0.2, 0.25) is 0 Å². The highest BCUT2D eigenvalue weighted by Gasteiger charge is 2.39. The van der Waals surface area contributed by atoms with Crippen LogP contribution in [0.2, 0.25) is 0 Å². The van der Waals surface area contributed by atoms with Crippen LogP contribution in [-0.2, 0) is 0 Å². The smallest absolute Gasteiger partial charge is 0.333 e. The van der Waals surface area contributed by atoms with E-state index in [1.165, 1.54) is 12.8 Å². The summed E-state index contributed by atoms with van der Waals surface area (Å²) < 4.78 is 5.50. The molecule has 1 aliphatic rings. The van der Waals surface area contributed by atoms with Gasteiger partial charge in [-0.15, -0.1) is 0 Å². The van der Waals surface area contributed by atoms with Crippen molar-refractivity contribution in [3.8, 4) is 5.75 Å². The molecule has 1 aromatic rings. The molecule has 1 aliphatic carbocycles. The molecule has 2 rings (SSSR count). The highest BCUT2D eigenvalue weighted by Crippen LogP contribution is 2.43. The molecule has 0 aliphatic heterocycles. The zero-order valence-corrected chi connectivity index (χ0v) is 12.3. The molecule has 0 heterocycles. The van der Waals surface area contributed by atoms with Crippen molar-refractivity contribution < 1.29 is 9.66 Å². The topological polar surface area (TPSA) is 64.4 Å². The van der Waals surface area contributed by atoms with Crippen LogP contribution in [0.25, 0.3) is 0 Å². The molecule has 0 atom stereocenters. The predicted octanol–water partition coefficient (Wildman–Crippen LogP) is 3.98. The first-order valence-electron chi connectivity index (χ1n) is 7.14. The second kappa shape index (κ2) is 5.69. The van der Waals surface area contributed by atoms with E-state index in [1.54, 1.807) is 18.2 Å². The summed E-state index contributed by atoms with van der Waals surface area (Å²) in [5.74, 6) is 0.927. The standard InChI is InChI=1S/C15H22N2O3/c1-4-10-20-13-7-5-6-12(14(13)17(18)19)16-15(2,3)11-8-9-11/h5-7,11,16H,4,8-10H2,1-3H3. The minimum atomic E-state index is -0.365. The molecule has 1 N–H and O–H groups in total. The van der Waals surface area contributed by atoms with E-state index in [2.05, 4.69) is 19.2 Å². The van der Waals surface area contributed by atoms with Gasteiger partial charge in [0.25, 0.3) is 0 Å². The molecule has 0 spiro atoms. The normalized spacial score (nSPS) is 14.9. The highest BCUT2D eigenvalue weighted by molar-refractivity contribution is 5.69. The largest absolute Gasteiger partial charge is 0.487 e. The van der Waals surface area contributed by atoms with E-state index in [-0.39, 0.29) is 16.1 Å². The first kappa shape index (κ1) is 14.6. The van der Waals surface area contributed by atoms with Crippen molar-refractivity contribution in [1.82, 2.24) is 0 Å². The third-order valence-corrected chi connectivity index (χ3v) is 3.70. The fourth-order valence-corrected chi connectivity index (χ4v) is 2.39. The van der Waals surface area contributed by atoms with Gasteiger partial charge < -0.3 is 10.1 Å². The predicted molar refractivity (Wildman–Crippen MR) is 79.3 cm³/mol. The summed E-state index contributed by atoms with van der Waals surface area (Å²) in [4.78, 5) is 11.0. The Morgan fingerprint density at radius 3 is 2.70 bits per heavy atom. The van der Waals surface area contributed by atoms with E-state index in [0.717, 1.165) is 6.42 Å². The molecule has 0 unspecified atom stereocenters. The number of ether oxygens (including phenoxy) is 1.